The van der Waals surface area contributed by atoms with Crippen molar-refractivity contribution in [1.29, 1.82) is 0 Å². The van der Waals surface area contributed by atoms with Gasteiger partial charge in [0.25, 0.3) is 5.91 Å². The fourth-order valence-corrected chi connectivity index (χ4v) is 3.74. The number of amides is 1. The van der Waals surface area contributed by atoms with Crippen molar-refractivity contribution in [1.82, 2.24) is 14.8 Å². The molecular weight excluding hydrogens is 342 g/mol. The van der Waals surface area contributed by atoms with E-state index in [1.807, 2.05) is 35.2 Å². The molecule has 6 heteroatoms. The molecule has 1 unspecified atom stereocenters. The molecule has 2 aromatic rings. The summed E-state index contributed by atoms with van der Waals surface area (Å²) in [6.45, 7) is 5.14. The van der Waals surface area contributed by atoms with Crippen LogP contribution in [0.5, 0.6) is 11.5 Å². The molecule has 0 bridgehead atoms. The standard InChI is InChI=1S/C21H25N3O3/c25-21(24-10-4-5-17(24)16-23-11-13-26-14-12-23)20-15-19(8-9-22-20)27-18-6-2-1-3-7-18/h1-3,6-9,15,17H,4-5,10-14,16H2. The van der Waals surface area contributed by atoms with Crippen LogP contribution in [0.3, 0.4) is 0 Å². The maximum absolute atomic E-state index is 13.1. The number of morpholine rings is 1. The molecule has 1 aromatic carbocycles. The lowest BCUT2D eigenvalue weighted by atomic mass is 10.2. The molecular formula is C21H25N3O3. The van der Waals surface area contributed by atoms with E-state index in [4.69, 9.17) is 9.47 Å². The fraction of sp³-hybridized carbons (Fsp3) is 0.429. The average molecular weight is 367 g/mol. The van der Waals surface area contributed by atoms with Gasteiger partial charge in [0.2, 0.25) is 0 Å². The largest absolute Gasteiger partial charge is 0.457 e. The molecule has 2 saturated heterocycles. The highest BCUT2D eigenvalue weighted by atomic mass is 16.5. The summed E-state index contributed by atoms with van der Waals surface area (Å²) in [4.78, 5) is 21.7. The fourth-order valence-electron chi connectivity index (χ4n) is 3.74. The Labute approximate surface area is 159 Å². The molecule has 1 aromatic heterocycles. The first-order valence-electron chi connectivity index (χ1n) is 9.59. The quantitative estimate of drug-likeness (QED) is 0.813. The molecule has 6 nitrogen and oxygen atoms in total. The Hall–Kier alpha value is -2.44. The number of carbonyl (C=O) groups is 1. The van der Waals surface area contributed by atoms with Crippen LogP contribution in [-0.4, -0.2) is 66.1 Å². The number of likely N-dealkylation sites (tertiary alicyclic amines) is 1. The van der Waals surface area contributed by atoms with Crippen LogP contribution in [0.1, 0.15) is 23.3 Å². The highest BCUT2D eigenvalue weighted by Crippen LogP contribution is 2.24. The van der Waals surface area contributed by atoms with Crippen molar-refractivity contribution < 1.29 is 14.3 Å². The number of hydrogen-bond donors (Lipinski definition) is 0. The SMILES string of the molecule is O=C(c1cc(Oc2ccccc2)ccn1)N1CCCC1CN1CCOCC1. The lowest BCUT2D eigenvalue weighted by Crippen LogP contribution is -2.46. The van der Waals surface area contributed by atoms with Gasteiger partial charge in [-0.1, -0.05) is 18.2 Å². The second-order valence-corrected chi connectivity index (χ2v) is 7.00. The van der Waals surface area contributed by atoms with Crippen molar-refractivity contribution >= 4 is 5.91 Å². The predicted octanol–water partition coefficient (Wildman–Crippen LogP) is 2.81. The van der Waals surface area contributed by atoms with Crippen LogP contribution in [-0.2, 0) is 4.74 Å². The Balaban J connectivity index is 1.44. The molecule has 0 aliphatic carbocycles. The van der Waals surface area contributed by atoms with Crippen molar-refractivity contribution in [3.63, 3.8) is 0 Å². The molecule has 0 spiro atoms. The Morgan fingerprint density at radius 3 is 2.74 bits per heavy atom. The van der Waals surface area contributed by atoms with Crippen LogP contribution < -0.4 is 4.74 Å². The van der Waals surface area contributed by atoms with E-state index in [1.165, 1.54) is 0 Å². The third-order valence-corrected chi connectivity index (χ3v) is 5.14. The van der Waals surface area contributed by atoms with Gasteiger partial charge in [-0.15, -0.1) is 0 Å². The van der Waals surface area contributed by atoms with Crippen molar-refractivity contribution in [3.05, 3.63) is 54.4 Å². The number of carbonyl (C=O) groups excluding carboxylic acids is 1. The lowest BCUT2D eigenvalue weighted by molar-refractivity contribution is 0.0260. The summed E-state index contributed by atoms with van der Waals surface area (Å²) in [5.74, 6) is 1.36. The summed E-state index contributed by atoms with van der Waals surface area (Å²) in [7, 11) is 0. The zero-order valence-corrected chi connectivity index (χ0v) is 15.4. The number of hydrogen-bond acceptors (Lipinski definition) is 5. The Bertz CT molecular complexity index is 762. The van der Waals surface area contributed by atoms with E-state index in [9.17, 15) is 4.79 Å². The van der Waals surface area contributed by atoms with Crippen molar-refractivity contribution in [3.8, 4) is 11.5 Å². The molecule has 1 amide bonds. The highest BCUT2D eigenvalue weighted by Gasteiger charge is 2.31. The van der Waals surface area contributed by atoms with Crippen LogP contribution in [0, 0.1) is 0 Å². The minimum absolute atomic E-state index is 0.00993. The maximum Gasteiger partial charge on any atom is 0.272 e. The molecule has 0 saturated carbocycles. The zero-order valence-electron chi connectivity index (χ0n) is 15.4. The minimum atomic E-state index is -0.00993. The van der Waals surface area contributed by atoms with E-state index < -0.39 is 0 Å². The van der Waals surface area contributed by atoms with Gasteiger partial charge in [0.05, 0.1) is 13.2 Å². The Morgan fingerprint density at radius 1 is 1.11 bits per heavy atom. The number of nitrogens with zero attached hydrogens (tertiary/aromatic N) is 3. The predicted molar refractivity (Wildman–Crippen MR) is 102 cm³/mol. The minimum Gasteiger partial charge on any atom is -0.457 e. The highest BCUT2D eigenvalue weighted by molar-refractivity contribution is 5.93. The second-order valence-electron chi connectivity index (χ2n) is 7.00. The van der Waals surface area contributed by atoms with Gasteiger partial charge in [-0.2, -0.15) is 0 Å². The van der Waals surface area contributed by atoms with Crippen molar-refractivity contribution in [2.75, 3.05) is 39.4 Å². The maximum atomic E-state index is 13.1. The third kappa shape index (κ3) is 4.46. The summed E-state index contributed by atoms with van der Waals surface area (Å²) < 4.78 is 11.3. The molecule has 1 atom stereocenters. The Morgan fingerprint density at radius 2 is 1.93 bits per heavy atom. The third-order valence-electron chi connectivity index (χ3n) is 5.14. The van der Waals surface area contributed by atoms with Crippen LogP contribution in [0.2, 0.25) is 0 Å². The summed E-state index contributed by atoms with van der Waals surface area (Å²) in [6.07, 6.45) is 3.73. The van der Waals surface area contributed by atoms with Gasteiger partial charge in [-0.3, -0.25) is 14.7 Å². The van der Waals surface area contributed by atoms with Crippen LogP contribution in [0.15, 0.2) is 48.7 Å². The smallest absolute Gasteiger partial charge is 0.272 e. The summed E-state index contributed by atoms with van der Waals surface area (Å²) in [5.41, 5.74) is 0.442. The van der Waals surface area contributed by atoms with Crippen LogP contribution >= 0.6 is 0 Å². The number of pyridine rings is 1. The van der Waals surface area contributed by atoms with E-state index in [2.05, 4.69) is 9.88 Å². The zero-order chi connectivity index (χ0) is 18.5. The molecule has 4 rings (SSSR count). The first-order valence-corrected chi connectivity index (χ1v) is 9.59. The number of para-hydroxylation sites is 1. The van der Waals surface area contributed by atoms with E-state index in [0.717, 1.165) is 58.0 Å². The van der Waals surface area contributed by atoms with Crippen molar-refractivity contribution in [2.24, 2.45) is 0 Å². The van der Waals surface area contributed by atoms with Gasteiger partial charge < -0.3 is 14.4 Å². The average Bonchev–Trinajstić information content (AvgIpc) is 3.17. The first-order chi connectivity index (χ1) is 13.3. The monoisotopic (exact) mass is 367 g/mol. The van der Waals surface area contributed by atoms with Crippen LogP contribution in [0.25, 0.3) is 0 Å². The van der Waals surface area contributed by atoms with Gasteiger partial charge in [-0.05, 0) is 31.0 Å². The van der Waals surface area contributed by atoms with Gasteiger partial charge in [0.1, 0.15) is 17.2 Å². The number of benzene rings is 1. The molecule has 0 radical (unpaired) electrons. The lowest BCUT2D eigenvalue weighted by Gasteiger charge is -2.32. The van der Waals surface area contributed by atoms with E-state index in [-0.39, 0.29) is 11.9 Å². The molecule has 2 fully saturated rings. The van der Waals surface area contributed by atoms with Gasteiger partial charge in [-0.25, -0.2) is 0 Å². The summed E-state index contributed by atoms with van der Waals surface area (Å²) in [6, 6.07) is 13.3. The topological polar surface area (TPSA) is 54.9 Å². The summed E-state index contributed by atoms with van der Waals surface area (Å²) in [5, 5.41) is 0. The molecule has 2 aliphatic heterocycles. The van der Waals surface area contributed by atoms with Crippen molar-refractivity contribution in [2.45, 2.75) is 18.9 Å². The molecule has 27 heavy (non-hydrogen) atoms. The van der Waals surface area contributed by atoms with E-state index in [1.54, 1.807) is 18.3 Å². The number of aromatic nitrogens is 1. The second kappa shape index (κ2) is 8.50. The molecule has 0 N–H and O–H groups in total. The summed E-state index contributed by atoms with van der Waals surface area (Å²) >= 11 is 0. The van der Waals surface area contributed by atoms with Crippen LogP contribution in [0.4, 0.5) is 0 Å². The first kappa shape index (κ1) is 17.9. The Kier molecular flexibility index (Phi) is 5.65. The van der Waals surface area contributed by atoms with Gasteiger partial charge >= 0.3 is 0 Å². The molecule has 2 aliphatic rings. The van der Waals surface area contributed by atoms with Gasteiger partial charge in [0.15, 0.2) is 0 Å². The normalized spacial score (nSPS) is 20.6. The number of ether oxygens (including phenoxy) is 2. The molecule has 3 heterocycles. The number of rotatable bonds is 5. The molecule has 142 valence electrons. The van der Waals surface area contributed by atoms with E-state index in [0.29, 0.717) is 11.4 Å². The van der Waals surface area contributed by atoms with Gasteiger partial charge in [0, 0.05) is 44.5 Å². The van der Waals surface area contributed by atoms with E-state index >= 15 is 0 Å².